The van der Waals surface area contributed by atoms with Gasteiger partial charge in [-0.15, -0.1) is 0 Å². The fraction of sp³-hybridized carbons (Fsp3) is 0. The molecule has 0 radical (unpaired) electrons. The SMILES string of the molecule is N#[N+]c1n[nH]c2cnc(Cl)cc12. The molecule has 0 aliphatic carbocycles. The van der Waals surface area contributed by atoms with Crippen LogP contribution in [0.15, 0.2) is 12.3 Å². The molecule has 6 heteroatoms. The van der Waals surface area contributed by atoms with Gasteiger partial charge < -0.3 is 0 Å². The highest BCUT2D eigenvalue weighted by Gasteiger charge is 2.16. The van der Waals surface area contributed by atoms with Crippen molar-refractivity contribution in [2.24, 2.45) is 0 Å². The summed E-state index contributed by atoms with van der Waals surface area (Å²) in [7, 11) is 0. The van der Waals surface area contributed by atoms with E-state index in [0.29, 0.717) is 16.1 Å². The molecule has 0 saturated carbocycles. The van der Waals surface area contributed by atoms with Gasteiger partial charge in [0, 0.05) is 4.98 Å². The van der Waals surface area contributed by atoms with Crippen molar-refractivity contribution < 1.29 is 0 Å². The Morgan fingerprint density at radius 1 is 1.58 bits per heavy atom. The molecule has 2 rings (SSSR count). The number of hydrogen-bond donors (Lipinski definition) is 1. The van der Waals surface area contributed by atoms with E-state index in [1.165, 1.54) is 6.20 Å². The van der Waals surface area contributed by atoms with Gasteiger partial charge >= 0.3 is 5.82 Å². The molecule has 1 N–H and O–H groups in total. The topological polar surface area (TPSA) is 69.7 Å². The summed E-state index contributed by atoms with van der Waals surface area (Å²) >= 11 is 5.63. The van der Waals surface area contributed by atoms with E-state index in [1.54, 1.807) is 6.07 Å². The highest BCUT2D eigenvalue weighted by Crippen LogP contribution is 2.23. The van der Waals surface area contributed by atoms with Crippen LogP contribution in [0.25, 0.3) is 15.9 Å². The zero-order chi connectivity index (χ0) is 8.55. The molecular weight excluding hydrogens is 178 g/mol. The minimum absolute atomic E-state index is 0.217. The summed E-state index contributed by atoms with van der Waals surface area (Å²) in [5.74, 6) is 0.217. The molecule has 2 aromatic rings. The van der Waals surface area contributed by atoms with Gasteiger partial charge in [0.05, 0.1) is 16.7 Å². The molecule has 12 heavy (non-hydrogen) atoms. The summed E-state index contributed by atoms with van der Waals surface area (Å²) in [6, 6.07) is 1.58. The summed E-state index contributed by atoms with van der Waals surface area (Å²) in [6.45, 7) is 0. The van der Waals surface area contributed by atoms with Gasteiger partial charge in [0.1, 0.15) is 16.1 Å². The molecule has 5 nitrogen and oxygen atoms in total. The van der Waals surface area contributed by atoms with Crippen LogP contribution in [0.3, 0.4) is 0 Å². The first-order chi connectivity index (χ1) is 5.81. The van der Waals surface area contributed by atoms with Crippen LogP contribution >= 0.6 is 11.6 Å². The summed E-state index contributed by atoms with van der Waals surface area (Å²) < 4.78 is 0. The minimum atomic E-state index is 0.217. The minimum Gasteiger partial charge on any atom is -0.242 e. The standard InChI is InChI=1S/C6H3ClN5/c7-5-1-3-4(2-9-5)11-12-6(3)10-8/h1-2H,(H,11,12)/q+1. The second kappa shape index (κ2) is 2.43. The molecule has 0 aromatic carbocycles. The van der Waals surface area contributed by atoms with Gasteiger partial charge in [0.15, 0.2) is 0 Å². The molecule has 0 spiro atoms. The predicted molar refractivity (Wildman–Crippen MR) is 43.6 cm³/mol. The molecule has 58 valence electrons. The number of nitrogens with zero attached hydrogens (tertiary/aromatic N) is 4. The first-order valence-electron chi connectivity index (χ1n) is 3.16. The Labute approximate surface area is 72.0 Å². The monoisotopic (exact) mass is 180 g/mol. The molecule has 2 heterocycles. The van der Waals surface area contributed by atoms with Gasteiger partial charge in [0.2, 0.25) is 0 Å². The van der Waals surface area contributed by atoms with Gasteiger partial charge in [-0.25, -0.2) is 4.98 Å². The van der Waals surface area contributed by atoms with Crippen LogP contribution in [0.5, 0.6) is 0 Å². The van der Waals surface area contributed by atoms with Crippen LogP contribution in [0.4, 0.5) is 5.82 Å². The first kappa shape index (κ1) is 7.00. The Hall–Kier alpha value is -1.67. The molecular formula is C6H3ClN5+. The van der Waals surface area contributed by atoms with Gasteiger partial charge in [0.25, 0.3) is 0 Å². The van der Waals surface area contributed by atoms with Crippen LogP contribution < -0.4 is 0 Å². The van der Waals surface area contributed by atoms with Crippen LogP contribution in [-0.4, -0.2) is 15.2 Å². The zero-order valence-electron chi connectivity index (χ0n) is 5.82. The number of diazo groups is 1. The fourth-order valence-corrected chi connectivity index (χ4v) is 1.11. The molecule has 0 unspecified atom stereocenters. The number of H-pyrrole nitrogens is 1. The molecule has 0 amide bonds. The lowest BCUT2D eigenvalue weighted by atomic mass is 10.3. The Balaban J connectivity index is 2.86. The smallest absolute Gasteiger partial charge is 0.242 e. The van der Waals surface area contributed by atoms with Crippen molar-refractivity contribution in [3.63, 3.8) is 0 Å². The van der Waals surface area contributed by atoms with E-state index in [2.05, 4.69) is 20.2 Å². The lowest BCUT2D eigenvalue weighted by molar-refractivity contribution is 1.12. The third-order valence-corrected chi connectivity index (χ3v) is 1.70. The van der Waals surface area contributed by atoms with Crippen LogP contribution in [0.1, 0.15) is 0 Å². The molecule has 0 aliphatic rings. The maximum atomic E-state index is 8.49. The Morgan fingerprint density at radius 2 is 2.42 bits per heavy atom. The lowest BCUT2D eigenvalue weighted by Gasteiger charge is -1.84. The van der Waals surface area contributed by atoms with Crippen molar-refractivity contribution >= 4 is 28.3 Å². The molecule has 0 saturated heterocycles. The average molecular weight is 181 g/mol. The van der Waals surface area contributed by atoms with E-state index >= 15 is 0 Å². The summed E-state index contributed by atoms with van der Waals surface area (Å²) in [4.78, 5) is 6.80. The summed E-state index contributed by atoms with van der Waals surface area (Å²) in [5.41, 5.74) is 0.687. The van der Waals surface area contributed by atoms with E-state index in [0.717, 1.165) is 0 Å². The number of halogens is 1. The summed E-state index contributed by atoms with van der Waals surface area (Å²) in [5, 5.41) is 15.8. The number of rotatable bonds is 0. The highest BCUT2D eigenvalue weighted by molar-refractivity contribution is 6.30. The highest BCUT2D eigenvalue weighted by atomic mass is 35.5. The van der Waals surface area contributed by atoms with E-state index in [9.17, 15) is 0 Å². The average Bonchev–Trinajstić information content (AvgIpc) is 2.46. The van der Waals surface area contributed by atoms with Crippen molar-refractivity contribution in [2.75, 3.05) is 0 Å². The second-order valence-corrected chi connectivity index (χ2v) is 2.59. The Bertz CT molecular complexity index is 468. The number of aromatic nitrogens is 3. The van der Waals surface area contributed by atoms with Gasteiger partial charge in [-0.2, -0.15) is 5.10 Å². The van der Waals surface area contributed by atoms with Crippen LogP contribution in [0.2, 0.25) is 5.15 Å². The lowest BCUT2D eigenvalue weighted by Crippen LogP contribution is -1.73. The largest absolute Gasteiger partial charge is 0.495 e. The number of pyridine rings is 1. The van der Waals surface area contributed by atoms with E-state index < -0.39 is 0 Å². The molecule has 0 bridgehead atoms. The zero-order valence-corrected chi connectivity index (χ0v) is 6.58. The Kier molecular flexibility index (Phi) is 1.42. The number of hydrogen-bond acceptors (Lipinski definition) is 3. The van der Waals surface area contributed by atoms with E-state index in [4.69, 9.17) is 17.0 Å². The second-order valence-electron chi connectivity index (χ2n) is 2.20. The molecule has 0 fully saturated rings. The predicted octanol–water partition coefficient (Wildman–Crippen LogP) is 2.10. The van der Waals surface area contributed by atoms with Crippen molar-refractivity contribution in [1.29, 1.82) is 5.39 Å². The van der Waals surface area contributed by atoms with E-state index in [-0.39, 0.29) is 5.82 Å². The first-order valence-corrected chi connectivity index (χ1v) is 3.54. The Morgan fingerprint density at radius 3 is 3.17 bits per heavy atom. The third-order valence-electron chi connectivity index (χ3n) is 1.49. The van der Waals surface area contributed by atoms with Gasteiger partial charge in [-0.1, -0.05) is 11.6 Å². The van der Waals surface area contributed by atoms with Crippen molar-refractivity contribution in [3.8, 4) is 0 Å². The molecule has 0 atom stereocenters. The summed E-state index contributed by atoms with van der Waals surface area (Å²) in [6.07, 6.45) is 1.53. The van der Waals surface area contributed by atoms with Gasteiger partial charge in [-0.05, 0) is 6.07 Å². The van der Waals surface area contributed by atoms with Crippen LogP contribution in [-0.2, 0) is 0 Å². The number of fused-ring (bicyclic) bond motifs is 1. The third kappa shape index (κ3) is 0.898. The molecule has 0 aliphatic heterocycles. The number of nitrogens with one attached hydrogen (secondary N) is 1. The van der Waals surface area contributed by atoms with Crippen LogP contribution in [0, 0.1) is 5.39 Å². The normalized spacial score (nSPS) is 10.0. The fourth-order valence-electron chi connectivity index (χ4n) is 0.954. The molecule has 2 aromatic heterocycles. The van der Waals surface area contributed by atoms with Crippen molar-refractivity contribution in [1.82, 2.24) is 15.2 Å². The van der Waals surface area contributed by atoms with Crippen molar-refractivity contribution in [3.05, 3.63) is 22.4 Å². The van der Waals surface area contributed by atoms with Crippen molar-refractivity contribution in [2.45, 2.75) is 0 Å². The van der Waals surface area contributed by atoms with E-state index in [1.807, 2.05) is 0 Å². The number of aromatic amines is 1. The maximum Gasteiger partial charge on any atom is 0.495 e. The quantitative estimate of drug-likeness (QED) is 0.499. The van der Waals surface area contributed by atoms with Gasteiger partial charge in [-0.3, -0.25) is 0 Å². The maximum absolute atomic E-state index is 8.49.